The predicted molar refractivity (Wildman–Crippen MR) is 114 cm³/mol. The Bertz CT molecular complexity index is 1000. The summed E-state index contributed by atoms with van der Waals surface area (Å²) >= 11 is 5.78. The minimum Gasteiger partial charge on any atom is -0.370 e. The molecule has 156 valence electrons. The molecular weight excluding hydrogens is 404 g/mol. The number of anilines is 1. The number of pyridine rings is 1. The molecule has 30 heavy (non-hydrogen) atoms. The molecule has 0 saturated carbocycles. The number of amides is 1. The maximum atomic E-state index is 12.1. The van der Waals surface area contributed by atoms with Crippen LogP contribution in [-0.4, -0.2) is 59.2 Å². The fraction of sp³-hybridized carbons (Fsp3) is 0.333. The summed E-state index contributed by atoms with van der Waals surface area (Å²) in [5, 5.41) is 7.20. The third-order valence-electron chi connectivity index (χ3n) is 5.21. The highest BCUT2D eigenvalue weighted by Crippen LogP contribution is 2.25. The van der Waals surface area contributed by atoms with Crippen LogP contribution in [0, 0.1) is 0 Å². The van der Waals surface area contributed by atoms with Crippen LogP contribution in [0.4, 0.5) is 5.69 Å². The zero-order chi connectivity index (χ0) is 21.1. The fourth-order valence-electron chi connectivity index (χ4n) is 3.42. The molecule has 4 rings (SSSR count). The van der Waals surface area contributed by atoms with E-state index in [0.29, 0.717) is 22.8 Å². The third-order valence-corrected chi connectivity index (χ3v) is 5.44. The maximum absolute atomic E-state index is 12.1. The summed E-state index contributed by atoms with van der Waals surface area (Å²) in [7, 11) is 4.25. The van der Waals surface area contributed by atoms with E-state index in [0.717, 1.165) is 18.7 Å². The van der Waals surface area contributed by atoms with Crippen molar-refractivity contribution in [3.63, 3.8) is 0 Å². The first-order valence-corrected chi connectivity index (χ1v) is 10.1. The van der Waals surface area contributed by atoms with Gasteiger partial charge >= 0.3 is 0 Å². The minimum atomic E-state index is -0.336. The van der Waals surface area contributed by atoms with Gasteiger partial charge in [-0.25, -0.2) is 4.98 Å². The summed E-state index contributed by atoms with van der Waals surface area (Å²) in [6, 6.07) is 11.9. The molecule has 1 amide bonds. The van der Waals surface area contributed by atoms with Gasteiger partial charge in [-0.2, -0.15) is 4.98 Å². The molecule has 0 radical (unpaired) electrons. The van der Waals surface area contributed by atoms with Crippen LogP contribution in [0.5, 0.6) is 0 Å². The van der Waals surface area contributed by atoms with Crippen LogP contribution in [0.1, 0.15) is 22.8 Å². The second-order valence-electron chi connectivity index (χ2n) is 7.46. The van der Waals surface area contributed by atoms with Crippen molar-refractivity contribution < 1.29 is 9.32 Å². The Morgan fingerprint density at radius 3 is 2.73 bits per heavy atom. The molecule has 0 bridgehead atoms. The molecule has 2 aromatic heterocycles. The van der Waals surface area contributed by atoms with Crippen molar-refractivity contribution >= 4 is 23.2 Å². The van der Waals surface area contributed by atoms with Gasteiger partial charge in [-0.3, -0.25) is 4.79 Å². The van der Waals surface area contributed by atoms with Gasteiger partial charge in [0.2, 0.25) is 11.7 Å². The SMILES string of the molecule is CN(C)C1CCN(c2ccc(-c3noc(CNC(=O)c4ccc(Cl)cn4)n3)cc2)C1. The summed E-state index contributed by atoms with van der Waals surface area (Å²) in [6.07, 6.45) is 2.59. The monoisotopic (exact) mass is 426 g/mol. The number of nitrogens with one attached hydrogen (secondary N) is 1. The number of nitrogens with zero attached hydrogens (tertiary/aromatic N) is 5. The molecule has 1 saturated heterocycles. The first-order valence-electron chi connectivity index (χ1n) is 9.74. The van der Waals surface area contributed by atoms with Crippen molar-refractivity contribution in [1.82, 2.24) is 25.3 Å². The van der Waals surface area contributed by atoms with Crippen LogP contribution >= 0.6 is 11.6 Å². The molecule has 3 aromatic rings. The highest BCUT2D eigenvalue weighted by molar-refractivity contribution is 6.30. The van der Waals surface area contributed by atoms with Gasteiger partial charge in [0, 0.05) is 36.6 Å². The molecule has 1 aliphatic heterocycles. The number of hydrogen-bond acceptors (Lipinski definition) is 7. The molecule has 0 aliphatic carbocycles. The number of hydrogen-bond donors (Lipinski definition) is 1. The predicted octanol–water partition coefficient (Wildman–Crippen LogP) is 2.86. The van der Waals surface area contributed by atoms with Crippen LogP contribution in [-0.2, 0) is 6.54 Å². The van der Waals surface area contributed by atoms with Gasteiger partial charge in [0.15, 0.2) is 0 Å². The molecule has 0 spiro atoms. The van der Waals surface area contributed by atoms with Gasteiger partial charge in [0.25, 0.3) is 5.91 Å². The Morgan fingerprint density at radius 2 is 2.07 bits per heavy atom. The Balaban J connectivity index is 1.35. The van der Waals surface area contributed by atoms with Crippen molar-refractivity contribution in [3.05, 3.63) is 59.2 Å². The van der Waals surface area contributed by atoms with E-state index in [1.807, 2.05) is 12.1 Å². The number of carbonyl (C=O) groups excluding carboxylic acids is 1. The van der Waals surface area contributed by atoms with Crippen LogP contribution in [0.15, 0.2) is 47.1 Å². The van der Waals surface area contributed by atoms with E-state index in [1.54, 1.807) is 12.1 Å². The van der Waals surface area contributed by atoms with Gasteiger partial charge in [-0.1, -0.05) is 16.8 Å². The Labute approximate surface area is 179 Å². The summed E-state index contributed by atoms with van der Waals surface area (Å²) in [4.78, 5) is 25.1. The Kier molecular flexibility index (Phi) is 5.96. The fourth-order valence-corrected chi connectivity index (χ4v) is 3.53. The van der Waals surface area contributed by atoms with Gasteiger partial charge < -0.3 is 19.6 Å². The van der Waals surface area contributed by atoms with Crippen LogP contribution in [0.25, 0.3) is 11.4 Å². The number of halogens is 1. The first kappa shape index (κ1) is 20.3. The molecule has 9 heteroatoms. The minimum absolute atomic E-state index is 0.119. The molecule has 8 nitrogen and oxygen atoms in total. The van der Waals surface area contributed by atoms with E-state index in [9.17, 15) is 4.79 Å². The lowest BCUT2D eigenvalue weighted by Gasteiger charge is -2.21. The summed E-state index contributed by atoms with van der Waals surface area (Å²) in [5.41, 5.74) is 2.32. The van der Waals surface area contributed by atoms with E-state index in [1.165, 1.54) is 18.3 Å². The average molecular weight is 427 g/mol. The van der Waals surface area contributed by atoms with E-state index < -0.39 is 0 Å². The Hall–Kier alpha value is -2.97. The number of carbonyl (C=O) groups is 1. The standard InChI is InChI=1S/C21H23ClN6O2/c1-27(2)17-9-10-28(13-17)16-6-3-14(4-7-16)20-25-19(30-26-20)12-24-21(29)18-8-5-15(22)11-23-18/h3-8,11,17H,9-10,12-13H2,1-2H3,(H,24,29). The van der Waals surface area contributed by atoms with Crippen molar-refractivity contribution in [1.29, 1.82) is 0 Å². The topological polar surface area (TPSA) is 87.4 Å². The van der Waals surface area contributed by atoms with Crippen molar-refractivity contribution in [2.45, 2.75) is 19.0 Å². The van der Waals surface area contributed by atoms with Crippen LogP contribution < -0.4 is 10.2 Å². The van der Waals surface area contributed by atoms with Crippen LogP contribution in [0.3, 0.4) is 0 Å². The highest BCUT2D eigenvalue weighted by Gasteiger charge is 2.24. The number of benzene rings is 1. The quantitative estimate of drug-likeness (QED) is 0.648. The summed E-state index contributed by atoms with van der Waals surface area (Å²) < 4.78 is 5.26. The van der Waals surface area contributed by atoms with Gasteiger partial charge in [0.05, 0.1) is 11.6 Å². The molecule has 1 atom stereocenters. The van der Waals surface area contributed by atoms with Crippen molar-refractivity contribution in [2.24, 2.45) is 0 Å². The second kappa shape index (κ2) is 8.81. The number of aromatic nitrogens is 3. The summed E-state index contributed by atoms with van der Waals surface area (Å²) in [6.45, 7) is 2.20. The van der Waals surface area contributed by atoms with E-state index >= 15 is 0 Å². The lowest BCUT2D eigenvalue weighted by atomic mass is 10.2. The van der Waals surface area contributed by atoms with E-state index in [4.69, 9.17) is 16.1 Å². The Morgan fingerprint density at radius 1 is 1.27 bits per heavy atom. The van der Waals surface area contributed by atoms with E-state index in [2.05, 4.69) is 56.5 Å². The first-order chi connectivity index (χ1) is 14.5. The molecule has 1 N–H and O–H groups in total. The average Bonchev–Trinajstić information content (AvgIpc) is 3.43. The lowest BCUT2D eigenvalue weighted by molar-refractivity contribution is 0.0941. The lowest BCUT2D eigenvalue weighted by Crippen LogP contribution is -2.31. The molecular formula is C21H23ClN6O2. The molecule has 1 fully saturated rings. The largest absolute Gasteiger partial charge is 0.370 e. The van der Waals surface area contributed by atoms with Crippen molar-refractivity contribution in [2.75, 3.05) is 32.1 Å². The number of rotatable bonds is 6. The molecule has 3 heterocycles. The van der Waals surface area contributed by atoms with Gasteiger partial charge in [-0.15, -0.1) is 0 Å². The normalized spacial score (nSPS) is 16.3. The second-order valence-corrected chi connectivity index (χ2v) is 7.89. The third kappa shape index (κ3) is 4.60. The molecule has 1 aromatic carbocycles. The summed E-state index contributed by atoms with van der Waals surface area (Å²) in [5.74, 6) is 0.477. The molecule has 1 unspecified atom stereocenters. The zero-order valence-corrected chi connectivity index (χ0v) is 17.6. The van der Waals surface area contributed by atoms with Gasteiger partial charge in [0.1, 0.15) is 5.69 Å². The van der Waals surface area contributed by atoms with Crippen molar-refractivity contribution in [3.8, 4) is 11.4 Å². The maximum Gasteiger partial charge on any atom is 0.270 e. The van der Waals surface area contributed by atoms with Crippen LogP contribution in [0.2, 0.25) is 5.02 Å². The molecule has 1 aliphatic rings. The number of likely N-dealkylation sites (N-methyl/N-ethyl adjacent to an activating group) is 1. The smallest absolute Gasteiger partial charge is 0.270 e. The zero-order valence-electron chi connectivity index (χ0n) is 16.9. The van der Waals surface area contributed by atoms with E-state index in [-0.39, 0.29) is 18.1 Å². The highest BCUT2D eigenvalue weighted by atomic mass is 35.5. The van der Waals surface area contributed by atoms with Gasteiger partial charge in [-0.05, 0) is 56.9 Å².